The third kappa shape index (κ3) is 4.63. The van der Waals surface area contributed by atoms with E-state index in [1.807, 2.05) is 0 Å². The second-order valence-corrected chi connectivity index (χ2v) is 5.84. The van der Waals surface area contributed by atoms with Crippen LogP contribution in [0.4, 0.5) is 0 Å². The molecule has 0 radical (unpaired) electrons. The maximum absolute atomic E-state index is 3.36. The van der Waals surface area contributed by atoms with Crippen LogP contribution < -0.4 is 5.32 Å². The van der Waals surface area contributed by atoms with Crippen molar-refractivity contribution in [2.24, 2.45) is 5.41 Å². The highest BCUT2D eigenvalue weighted by Crippen LogP contribution is 2.27. The Hall–Kier alpha value is -0.860. The fraction of sp³-hybridized carbons (Fsp3) is 0.647. The van der Waals surface area contributed by atoms with E-state index < -0.39 is 0 Å². The van der Waals surface area contributed by atoms with Crippen molar-refractivity contribution in [2.75, 3.05) is 27.2 Å². The Balaban J connectivity index is 2.67. The standard InChI is InChI=1S/C17H30N2/c1-6-17(7-2,13-18-4)14-19(5)12-16-11-9-8-10-15(16)3/h8-11,18H,6-7,12-14H2,1-5H3. The Morgan fingerprint density at radius 1 is 1.16 bits per heavy atom. The van der Waals surface area contributed by atoms with Crippen molar-refractivity contribution in [3.63, 3.8) is 0 Å². The highest BCUT2D eigenvalue weighted by molar-refractivity contribution is 5.25. The SMILES string of the molecule is CCC(CC)(CNC)CN(C)Cc1ccccc1C. The lowest BCUT2D eigenvalue weighted by Crippen LogP contribution is -2.41. The van der Waals surface area contributed by atoms with E-state index in [-0.39, 0.29) is 0 Å². The Bertz CT molecular complexity index is 369. The Morgan fingerprint density at radius 2 is 1.79 bits per heavy atom. The number of benzene rings is 1. The molecule has 1 aromatic rings. The minimum Gasteiger partial charge on any atom is -0.319 e. The molecule has 0 aromatic heterocycles. The molecule has 0 bridgehead atoms. The molecular weight excluding hydrogens is 232 g/mol. The zero-order valence-electron chi connectivity index (χ0n) is 13.3. The van der Waals surface area contributed by atoms with Gasteiger partial charge in [-0.05, 0) is 50.4 Å². The van der Waals surface area contributed by atoms with Crippen molar-refractivity contribution in [3.8, 4) is 0 Å². The molecule has 1 rings (SSSR count). The Morgan fingerprint density at radius 3 is 2.32 bits per heavy atom. The first-order valence-corrected chi connectivity index (χ1v) is 7.44. The van der Waals surface area contributed by atoms with Crippen LogP contribution in [-0.4, -0.2) is 32.1 Å². The van der Waals surface area contributed by atoms with Crippen LogP contribution >= 0.6 is 0 Å². The van der Waals surface area contributed by atoms with Crippen LogP contribution in [0.1, 0.15) is 37.8 Å². The number of aryl methyl sites for hydroxylation is 1. The van der Waals surface area contributed by atoms with E-state index in [9.17, 15) is 0 Å². The number of hydrogen-bond donors (Lipinski definition) is 1. The zero-order chi connectivity index (χ0) is 14.3. The maximum atomic E-state index is 3.36. The van der Waals surface area contributed by atoms with Gasteiger partial charge in [-0.3, -0.25) is 0 Å². The molecule has 0 saturated heterocycles. The molecule has 2 heteroatoms. The maximum Gasteiger partial charge on any atom is 0.0233 e. The summed E-state index contributed by atoms with van der Waals surface area (Å²) in [6.45, 7) is 10.1. The summed E-state index contributed by atoms with van der Waals surface area (Å²) in [5.74, 6) is 0. The van der Waals surface area contributed by atoms with Gasteiger partial charge in [0.1, 0.15) is 0 Å². The molecule has 2 nitrogen and oxygen atoms in total. The van der Waals surface area contributed by atoms with E-state index in [4.69, 9.17) is 0 Å². The van der Waals surface area contributed by atoms with Crippen molar-refractivity contribution in [3.05, 3.63) is 35.4 Å². The molecule has 0 unspecified atom stereocenters. The van der Waals surface area contributed by atoms with Crippen LogP contribution in [-0.2, 0) is 6.54 Å². The molecule has 0 aliphatic rings. The van der Waals surface area contributed by atoms with Gasteiger partial charge in [-0.1, -0.05) is 38.1 Å². The smallest absolute Gasteiger partial charge is 0.0233 e. The normalized spacial score (nSPS) is 12.1. The molecule has 0 amide bonds. The second kappa shape index (κ2) is 7.66. The quantitative estimate of drug-likeness (QED) is 0.772. The van der Waals surface area contributed by atoms with E-state index in [2.05, 4.69) is 69.3 Å². The summed E-state index contributed by atoms with van der Waals surface area (Å²) < 4.78 is 0. The largest absolute Gasteiger partial charge is 0.319 e. The lowest BCUT2D eigenvalue weighted by Gasteiger charge is -2.36. The van der Waals surface area contributed by atoms with Crippen LogP contribution in [0, 0.1) is 12.3 Å². The third-order valence-corrected chi connectivity index (χ3v) is 4.36. The zero-order valence-corrected chi connectivity index (χ0v) is 13.3. The predicted octanol–water partition coefficient (Wildman–Crippen LogP) is 3.45. The summed E-state index contributed by atoms with van der Waals surface area (Å²) in [5.41, 5.74) is 3.23. The third-order valence-electron chi connectivity index (χ3n) is 4.36. The van der Waals surface area contributed by atoms with Crippen LogP contribution in [0.3, 0.4) is 0 Å². The number of nitrogens with one attached hydrogen (secondary N) is 1. The van der Waals surface area contributed by atoms with Gasteiger partial charge >= 0.3 is 0 Å². The van der Waals surface area contributed by atoms with Crippen molar-refractivity contribution >= 4 is 0 Å². The molecule has 1 aromatic carbocycles. The van der Waals surface area contributed by atoms with E-state index in [1.165, 1.54) is 24.0 Å². The van der Waals surface area contributed by atoms with Crippen LogP contribution in [0.25, 0.3) is 0 Å². The van der Waals surface area contributed by atoms with Crippen molar-refractivity contribution in [1.82, 2.24) is 10.2 Å². The fourth-order valence-electron chi connectivity index (χ4n) is 2.86. The summed E-state index contributed by atoms with van der Waals surface area (Å²) in [5, 5.41) is 3.36. The highest BCUT2D eigenvalue weighted by Gasteiger charge is 2.26. The van der Waals surface area contributed by atoms with Gasteiger partial charge in [0, 0.05) is 19.6 Å². The summed E-state index contributed by atoms with van der Waals surface area (Å²) in [6, 6.07) is 8.69. The topological polar surface area (TPSA) is 15.3 Å². The molecule has 19 heavy (non-hydrogen) atoms. The monoisotopic (exact) mass is 262 g/mol. The number of rotatable bonds is 8. The first kappa shape index (κ1) is 16.2. The molecule has 0 spiro atoms. The fourth-order valence-corrected chi connectivity index (χ4v) is 2.86. The Kier molecular flexibility index (Phi) is 6.53. The van der Waals surface area contributed by atoms with Gasteiger partial charge in [0.15, 0.2) is 0 Å². The van der Waals surface area contributed by atoms with Gasteiger partial charge in [0.2, 0.25) is 0 Å². The molecule has 0 heterocycles. The molecule has 0 aliphatic heterocycles. The van der Waals surface area contributed by atoms with Gasteiger partial charge in [-0.25, -0.2) is 0 Å². The van der Waals surface area contributed by atoms with E-state index >= 15 is 0 Å². The van der Waals surface area contributed by atoms with Gasteiger partial charge in [-0.2, -0.15) is 0 Å². The first-order valence-electron chi connectivity index (χ1n) is 7.44. The lowest BCUT2D eigenvalue weighted by atomic mass is 9.81. The summed E-state index contributed by atoms with van der Waals surface area (Å²) in [7, 11) is 4.30. The first-order chi connectivity index (χ1) is 9.06. The van der Waals surface area contributed by atoms with Gasteiger partial charge in [0.05, 0.1) is 0 Å². The van der Waals surface area contributed by atoms with Gasteiger partial charge < -0.3 is 10.2 Å². The van der Waals surface area contributed by atoms with E-state index in [0.29, 0.717) is 5.41 Å². The number of nitrogens with zero attached hydrogens (tertiary/aromatic N) is 1. The summed E-state index contributed by atoms with van der Waals surface area (Å²) >= 11 is 0. The van der Waals surface area contributed by atoms with E-state index in [0.717, 1.165) is 19.6 Å². The summed E-state index contributed by atoms with van der Waals surface area (Å²) in [6.07, 6.45) is 2.45. The van der Waals surface area contributed by atoms with Crippen molar-refractivity contribution in [1.29, 1.82) is 0 Å². The van der Waals surface area contributed by atoms with E-state index in [1.54, 1.807) is 0 Å². The lowest BCUT2D eigenvalue weighted by molar-refractivity contribution is 0.153. The minimum absolute atomic E-state index is 0.395. The minimum atomic E-state index is 0.395. The molecule has 0 fully saturated rings. The van der Waals surface area contributed by atoms with Crippen LogP contribution in [0.5, 0.6) is 0 Å². The highest BCUT2D eigenvalue weighted by atomic mass is 15.1. The van der Waals surface area contributed by atoms with Gasteiger partial charge in [0.25, 0.3) is 0 Å². The summed E-state index contributed by atoms with van der Waals surface area (Å²) in [4.78, 5) is 2.46. The van der Waals surface area contributed by atoms with Crippen LogP contribution in [0.15, 0.2) is 24.3 Å². The van der Waals surface area contributed by atoms with Crippen LogP contribution in [0.2, 0.25) is 0 Å². The number of hydrogen-bond acceptors (Lipinski definition) is 2. The molecule has 0 saturated carbocycles. The van der Waals surface area contributed by atoms with Crippen molar-refractivity contribution in [2.45, 2.75) is 40.2 Å². The average Bonchev–Trinajstić information content (AvgIpc) is 2.41. The predicted molar refractivity (Wildman–Crippen MR) is 84.5 cm³/mol. The molecule has 1 N–H and O–H groups in total. The molecule has 0 atom stereocenters. The van der Waals surface area contributed by atoms with Crippen molar-refractivity contribution < 1.29 is 0 Å². The van der Waals surface area contributed by atoms with Gasteiger partial charge in [-0.15, -0.1) is 0 Å². The average molecular weight is 262 g/mol. The molecule has 0 aliphatic carbocycles. The molecular formula is C17H30N2. The Labute approximate surface area is 119 Å². The second-order valence-electron chi connectivity index (χ2n) is 5.84. The molecule has 108 valence electrons.